The van der Waals surface area contributed by atoms with E-state index < -0.39 is 0 Å². The Morgan fingerprint density at radius 3 is 2.40 bits per heavy atom. The highest BCUT2D eigenvalue weighted by molar-refractivity contribution is 5.97. The molecule has 2 atom stereocenters. The first-order valence-corrected chi connectivity index (χ1v) is 5.28. The molecule has 0 aromatic carbocycles. The molecule has 0 radical (unpaired) electrons. The Kier molecular flexibility index (Phi) is 2.04. The fourth-order valence-corrected chi connectivity index (χ4v) is 2.80. The van der Waals surface area contributed by atoms with Crippen molar-refractivity contribution in [3.05, 3.63) is 11.1 Å². The van der Waals surface area contributed by atoms with Crippen molar-refractivity contribution >= 4 is 11.9 Å². The molecule has 0 aromatic heterocycles. The Bertz CT molecular complexity index is 376. The number of carbonyl (C=O) groups excluding carboxylic acids is 2. The van der Waals surface area contributed by atoms with Crippen molar-refractivity contribution in [2.24, 2.45) is 17.3 Å². The number of hydrogen-bond donors (Lipinski definition) is 0. The van der Waals surface area contributed by atoms with Gasteiger partial charge in [0.1, 0.15) is 0 Å². The van der Waals surface area contributed by atoms with Gasteiger partial charge in [0, 0.05) is 0 Å². The van der Waals surface area contributed by atoms with E-state index in [0.29, 0.717) is 6.42 Å². The lowest BCUT2D eigenvalue weighted by molar-refractivity contribution is -0.154. The van der Waals surface area contributed by atoms with Crippen LogP contribution in [-0.4, -0.2) is 11.9 Å². The van der Waals surface area contributed by atoms with E-state index in [1.807, 2.05) is 27.7 Å². The van der Waals surface area contributed by atoms with Gasteiger partial charge in [-0.1, -0.05) is 25.0 Å². The minimum absolute atomic E-state index is 0.254. The molecule has 15 heavy (non-hydrogen) atoms. The quantitative estimate of drug-likeness (QED) is 0.348. The van der Waals surface area contributed by atoms with Crippen LogP contribution in [0.5, 0.6) is 0 Å². The second-order valence-electron chi connectivity index (χ2n) is 5.16. The number of ether oxygens (including phenoxy) is 1. The van der Waals surface area contributed by atoms with Crippen LogP contribution in [0.4, 0.5) is 0 Å². The summed E-state index contributed by atoms with van der Waals surface area (Å²) in [6, 6.07) is 0. The monoisotopic (exact) mass is 208 g/mol. The molecule has 0 N–H and O–H groups in total. The van der Waals surface area contributed by atoms with Crippen molar-refractivity contribution in [2.75, 3.05) is 0 Å². The Hall–Kier alpha value is -1.12. The molecule has 0 amide bonds. The van der Waals surface area contributed by atoms with Crippen molar-refractivity contribution in [3.8, 4) is 0 Å². The number of cyclic esters (lactones) is 2. The second kappa shape index (κ2) is 2.94. The van der Waals surface area contributed by atoms with Crippen LogP contribution in [0, 0.1) is 17.3 Å². The molecule has 0 bridgehead atoms. The summed E-state index contributed by atoms with van der Waals surface area (Å²) in [4.78, 5) is 23.1. The highest BCUT2D eigenvalue weighted by Crippen LogP contribution is 2.50. The zero-order chi connectivity index (χ0) is 11.4. The molecule has 2 rings (SSSR count). The Balaban J connectivity index is 2.51. The first-order valence-electron chi connectivity index (χ1n) is 5.28. The average Bonchev–Trinajstić information content (AvgIpc) is 2.39. The van der Waals surface area contributed by atoms with Crippen LogP contribution in [0.15, 0.2) is 11.1 Å². The van der Waals surface area contributed by atoms with Gasteiger partial charge in [-0.25, -0.2) is 0 Å². The molecule has 1 aliphatic carbocycles. The fraction of sp³-hybridized carbons (Fsp3) is 0.667. The molecule has 0 spiro atoms. The molecule has 3 nitrogen and oxygen atoms in total. The van der Waals surface area contributed by atoms with Gasteiger partial charge in [0.15, 0.2) is 0 Å². The van der Waals surface area contributed by atoms with Crippen LogP contribution in [-0.2, 0) is 14.3 Å². The van der Waals surface area contributed by atoms with Crippen molar-refractivity contribution in [3.63, 3.8) is 0 Å². The van der Waals surface area contributed by atoms with E-state index in [4.69, 9.17) is 4.74 Å². The average molecular weight is 208 g/mol. The minimum atomic E-state index is -0.346. The summed E-state index contributed by atoms with van der Waals surface area (Å²) < 4.78 is 4.74. The molecule has 1 fully saturated rings. The summed E-state index contributed by atoms with van der Waals surface area (Å²) in [7, 11) is 0. The van der Waals surface area contributed by atoms with Crippen LogP contribution in [0.3, 0.4) is 0 Å². The van der Waals surface area contributed by atoms with Crippen LogP contribution in [0.25, 0.3) is 0 Å². The molecule has 3 heteroatoms. The van der Waals surface area contributed by atoms with E-state index in [0.717, 1.165) is 0 Å². The second-order valence-corrected chi connectivity index (χ2v) is 5.16. The van der Waals surface area contributed by atoms with E-state index in [1.54, 1.807) is 0 Å². The van der Waals surface area contributed by atoms with Crippen molar-refractivity contribution in [1.82, 2.24) is 0 Å². The summed E-state index contributed by atoms with van der Waals surface area (Å²) >= 11 is 0. The van der Waals surface area contributed by atoms with Gasteiger partial charge in [-0.05, 0) is 25.7 Å². The highest BCUT2D eigenvalue weighted by Gasteiger charge is 2.54. The first kappa shape index (κ1) is 10.4. The molecule has 1 aliphatic heterocycles. The minimum Gasteiger partial charge on any atom is -0.393 e. The summed E-state index contributed by atoms with van der Waals surface area (Å²) in [5.74, 6) is -1.23. The van der Waals surface area contributed by atoms with Gasteiger partial charge in [-0.15, -0.1) is 0 Å². The number of carbonyl (C=O) groups is 2. The topological polar surface area (TPSA) is 43.4 Å². The first-order chi connectivity index (χ1) is 6.85. The van der Waals surface area contributed by atoms with Gasteiger partial charge >= 0.3 is 11.9 Å². The number of hydrogen-bond acceptors (Lipinski definition) is 3. The summed E-state index contributed by atoms with van der Waals surface area (Å²) in [6.07, 6.45) is 0.671. The largest absolute Gasteiger partial charge is 0.393 e. The standard InChI is InChI=1S/C12H16O3/c1-6-5-8-9(11(14)15-10(8)13)12(3,4)7(6)2/h8-9H,5H2,1-4H3. The Morgan fingerprint density at radius 2 is 1.80 bits per heavy atom. The highest BCUT2D eigenvalue weighted by atomic mass is 16.6. The molecule has 2 unspecified atom stereocenters. The van der Waals surface area contributed by atoms with E-state index in [2.05, 4.69) is 0 Å². The van der Waals surface area contributed by atoms with Crippen molar-refractivity contribution in [1.29, 1.82) is 0 Å². The number of rotatable bonds is 0. The van der Waals surface area contributed by atoms with Crippen LogP contribution in [0.2, 0.25) is 0 Å². The molecular formula is C12H16O3. The zero-order valence-electron chi connectivity index (χ0n) is 9.59. The SMILES string of the molecule is CC1=C(C)C(C)(C)C2C(=O)OC(=O)C2C1. The maximum Gasteiger partial charge on any atom is 0.318 e. The van der Waals surface area contributed by atoms with Gasteiger partial charge in [-0.3, -0.25) is 9.59 Å². The predicted octanol–water partition coefficient (Wildman–Crippen LogP) is 2.07. The fourth-order valence-electron chi connectivity index (χ4n) is 2.80. The number of fused-ring (bicyclic) bond motifs is 1. The lowest BCUT2D eigenvalue weighted by Gasteiger charge is -2.38. The van der Waals surface area contributed by atoms with Gasteiger partial charge in [0.05, 0.1) is 11.8 Å². The summed E-state index contributed by atoms with van der Waals surface area (Å²) in [6.45, 7) is 8.11. The summed E-state index contributed by atoms with van der Waals surface area (Å²) in [5, 5.41) is 0. The number of allylic oxidation sites excluding steroid dienone is 2. The van der Waals surface area contributed by atoms with Crippen molar-refractivity contribution in [2.45, 2.75) is 34.1 Å². The molecule has 1 heterocycles. The van der Waals surface area contributed by atoms with E-state index >= 15 is 0 Å². The van der Waals surface area contributed by atoms with E-state index in [9.17, 15) is 9.59 Å². The Morgan fingerprint density at radius 1 is 1.20 bits per heavy atom. The molecule has 1 saturated heterocycles. The Labute approximate surface area is 89.5 Å². The molecule has 2 aliphatic rings. The lowest BCUT2D eigenvalue weighted by Crippen LogP contribution is -2.38. The zero-order valence-corrected chi connectivity index (χ0v) is 9.59. The van der Waals surface area contributed by atoms with E-state index in [1.165, 1.54) is 11.1 Å². The van der Waals surface area contributed by atoms with Crippen molar-refractivity contribution < 1.29 is 14.3 Å². The maximum absolute atomic E-state index is 11.6. The lowest BCUT2D eigenvalue weighted by atomic mass is 9.62. The van der Waals surface area contributed by atoms with Gasteiger partial charge < -0.3 is 4.74 Å². The predicted molar refractivity (Wildman–Crippen MR) is 54.9 cm³/mol. The smallest absolute Gasteiger partial charge is 0.318 e. The molecule has 82 valence electrons. The van der Waals surface area contributed by atoms with Crippen LogP contribution >= 0.6 is 0 Å². The third-order valence-electron chi connectivity index (χ3n) is 4.07. The van der Waals surface area contributed by atoms with Crippen LogP contribution in [0.1, 0.15) is 34.1 Å². The van der Waals surface area contributed by atoms with Gasteiger partial charge in [-0.2, -0.15) is 0 Å². The van der Waals surface area contributed by atoms with E-state index in [-0.39, 0.29) is 29.2 Å². The third-order valence-corrected chi connectivity index (χ3v) is 4.07. The maximum atomic E-state index is 11.6. The number of esters is 2. The summed E-state index contributed by atoms with van der Waals surface area (Å²) in [5.41, 5.74) is 2.18. The molecule has 0 aromatic rings. The van der Waals surface area contributed by atoms with Gasteiger partial charge in [0.2, 0.25) is 0 Å². The normalized spacial score (nSPS) is 34.1. The molecular weight excluding hydrogens is 192 g/mol. The van der Waals surface area contributed by atoms with Crippen LogP contribution < -0.4 is 0 Å². The van der Waals surface area contributed by atoms with Gasteiger partial charge in [0.25, 0.3) is 0 Å². The third kappa shape index (κ3) is 1.25. The molecule has 0 saturated carbocycles.